The fourth-order valence-electron chi connectivity index (χ4n) is 2.13. The molecule has 0 radical (unpaired) electrons. The number of hydrogen-bond acceptors (Lipinski definition) is 3. The quantitative estimate of drug-likeness (QED) is 0.803. The molecule has 0 aromatic carbocycles. The van der Waals surface area contributed by atoms with Crippen molar-refractivity contribution in [1.29, 1.82) is 0 Å². The lowest BCUT2D eigenvalue weighted by Gasteiger charge is -2.35. The van der Waals surface area contributed by atoms with Crippen LogP contribution >= 0.6 is 0 Å². The van der Waals surface area contributed by atoms with Crippen LogP contribution in [0.5, 0.6) is 0 Å². The number of alkyl halides is 3. The molecule has 1 aliphatic heterocycles. The summed E-state index contributed by atoms with van der Waals surface area (Å²) in [6, 6.07) is -0.887. The molecule has 20 heavy (non-hydrogen) atoms. The van der Waals surface area contributed by atoms with E-state index in [9.17, 15) is 22.8 Å². The number of likely N-dealkylation sites (tertiary alicyclic amines) is 1. The number of rotatable bonds is 4. The molecule has 1 saturated heterocycles. The maximum atomic E-state index is 12.4. The Hall–Kier alpha value is -1.51. The smallest absolute Gasteiger partial charge is 0.406 e. The van der Waals surface area contributed by atoms with Gasteiger partial charge in [-0.1, -0.05) is 0 Å². The van der Waals surface area contributed by atoms with Crippen molar-refractivity contribution in [2.75, 3.05) is 32.8 Å². The largest absolute Gasteiger partial charge is 0.481 e. The standard InChI is InChI=1S/C11H17F3N2O4/c12-11(13,14)7-16(4-5-17)10(20)15-3-1-2-8(6-15)9(18)19/h8,17H,1-7H2,(H,18,19). The first-order valence-corrected chi connectivity index (χ1v) is 6.19. The van der Waals surface area contributed by atoms with Crippen LogP contribution in [-0.4, -0.2) is 71.0 Å². The predicted octanol–water partition coefficient (Wildman–Crippen LogP) is 0.760. The average Bonchev–Trinajstić information content (AvgIpc) is 2.36. The number of nitrogens with zero attached hydrogens (tertiary/aromatic N) is 2. The first-order chi connectivity index (χ1) is 9.24. The van der Waals surface area contributed by atoms with Crippen molar-refractivity contribution in [3.8, 4) is 0 Å². The van der Waals surface area contributed by atoms with Gasteiger partial charge >= 0.3 is 18.2 Å². The average molecular weight is 298 g/mol. The molecule has 1 heterocycles. The fraction of sp³-hybridized carbons (Fsp3) is 0.818. The van der Waals surface area contributed by atoms with Crippen molar-refractivity contribution in [2.45, 2.75) is 19.0 Å². The zero-order valence-electron chi connectivity index (χ0n) is 10.8. The molecule has 9 heteroatoms. The second kappa shape index (κ2) is 6.78. The van der Waals surface area contributed by atoms with Gasteiger partial charge in [0.25, 0.3) is 0 Å². The Morgan fingerprint density at radius 2 is 2.00 bits per heavy atom. The summed E-state index contributed by atoms with van der Waals surface area (Å²) in [7, 11) is 0. The molecular weight excluding hydrogens is 281 g/mol. The van der Waals surface area contributed by atoms with Crippen LogP contribution in [0.15, 0.2) is 0 Å². The highest BCUT2D eigenvalue weighted by Gasteiger charge is 2.36. The Morgan fingerprint density at radius 3 is 2.50 bits per heavy atom. The Kier molecular flexibility index (Phi) is 5.61. The lowest BCUT2D eigenvalue weighted by Crippen LogP contribution is -2.51. The van der Waals surface area contributed by atoms with Crippen LogP contribution in [0.25, 0.3) is 0 Å². The van der Waals surface area contributed by atoms with Gasteiger partial charge in [-0.05, 0) is 12.8 Å². The van der Waals surface area contributed by atoms with Gasteiger partial charge < -0.3 is 20.0 Å². The van der Waals surface area contributed by atoms with Crippen LogP contribution in [-0.2, 0) is 4.79 Å². The van der Waals surface area contributed by atoms with Crippen molar-refractivity contribution >= 4 is 12.0 Å². The van der Waals surface area contributed by atoms with Gasteiger partial charge in [0.2, 0.25) is 0 Å². The molecule has 1 aliphatic rings. The summed E-state index contributed by atoms with van der Waals surface area (Å²) in [5, 5.41) is 17.6. The highest BCUT2D eigenvalue weighted by atomic mass is 19.4. The molecule has 1 fully saturated rings. The maximum absolute atomic E-state index is 12.4. The maximum Gasteiger partial charge on any atom is 0.406 e. The van der Waals surface area contributed by atoms with E-state index < -0.39 is 43.8 Å². The molecule has 0 spiro atoms. The number of aliphatic hydroxyl groups is 1. The topological polar surface area (TPSA) is 81.1 Å². The highest BCUT2D eigenvalue weighted by Crippen LogP contribution is 2.21. The van der Waals surface area contributed by atoms with Crippen LogP contribution < -0.4 is 0 Å². The zero-order chi connectivity index (χ0) is 15.3. The SMILES string of the molecule is O=C(O)C1CCCN(C(=O)N(CCO)CC(F)(F)F)C1. The van der Waals surface area contributed by atoms with Gasteiger partial charge in [-0.2, -0.15) is 13.2 Å². The molecule has 2 amide bonds. The molecule has 0 saturated carbocycles. The molecule has 0 aliphatic carbocycles. The number of halogens is 3. The van der Waals surface area contributed by atoms with E-state index in [0.717, 1.165) is 4.90 Å². The summed E-state index contributed by atoms with van der Waals surface area (Å²) in [5.41, 5.74) is 0. The van der Waals surface area contributed by atoms with Gasteiger partial charge in [-0.15, -0.1) is 0 Å². The van der Waals surface area contributed by atoms with Crippen molar-refractivity contribution in [3.05, 3.63) is 0 Å². The van der Waals surface area contributed by atoms with E-state index in [0.29, 0.717) is 17.7 Å². The molecule has 116 valence electrons. The Balaban J connectivity index is 2.70. The number of piperidine rings is 1. The van der Waals surface area contributed by atoms with E-state index in [1.165, 1.54) is 0 Å². The van der Waals surface area contributed by atoms with Crippen LogP contribution in [0.2, 0.25) is 0 Å². The van der Waals surface area contributed by atoms with Gasteiger partial charge in [0.05, 0.1) is 12.5 Å². The third kappa shape index (κ3) is 4.87. The Labute approximate surface area is 113 Å². The summed E-state index contributed by atoms with van der Waals surface area (Å²) < 4.78 is 37.1. The van der Waals surface area contributed by atoms with Gasteiger partial charge in [-0.3, -0.25) is 4.79 Å². The molecule has 6 nitrogen and oxygen atoms in total. The fourth-order valence-corrected chi connectivity index (χ4v) is 2.13. The molecule has 0 bridgehead atoms. The molecule has 0 aromatic rings. The zero-order valence-corrected chi connectivity index (χ0v) is 10.8. The van der Waals surface area contributed by atoms with Gasteiger partial charge in [0, 0.05) is 19.6 Å². The van der Waals surface area contributed by atoms with Gasteiger partial charge in [0.1, 0.15) is 6.54 Å². The van der Waals surface area contributed by atoms with E-state index in [1.54, 1.807) is 0 Å². The van der Waals surface area contributed by atoms with E-state index in [4.69, 9.17) is 10.2 Å². The second-order valence-electron chi connectivity index (χ2n) is 4.67. The lowest BCUT2D eigenvalue weighted by molar-refractivity contribution is -0.145. The molecular formula is C11H17F3N2O4. The summed E-state index contributed by atoms with van der Waals surface area (Å²) in [6.07, 6.45) is -3.73. The van der Waals surface area contributed by atoms with Crippen LogP contribution in [0, 0.1) is 5.92 Å². The molecule has 1 unspecified atom stereocenters. The number of aliphatic hydroxyl groups excluding tert-OH is 1. The normalized spacial score (nSPS) is 19.8. The van der Waals surface area contributed by atoms with Crippen LogP contribution in [0.4, 0.5) is 18.0 Å². The summed E-state index contributed by atoms with van der Waals surface area (Å²) >= 11 is 0. The minimum atomic E-state index is -4.56. The van der Waals surface area contributed by atoms with Crippen molar-refractivity contribution < 1.29 is 33.0 Å². The number of amides is 2. The van der Waals surface area contributed by atoms with Crippen molar-refractivity contribution in [3.63, 3.8) is 0 Å². The summed E-state index contributed by atoms with van der Waals surface area (Å²) in [5.74, 6) is -1.82. The lowest BCUT2D eigenvalue weighted by atomic mass is 9.99. The number of carboxylic acid groups (broad SMARTS) is 1. The number of hydrogen-bond donors (Lipinski definition) is 2. The van der Waals surface area contributed by atoms with Crippen molar-refractivity contribution in [2.24, 2.45) is 5.92 Å². The van der Waals surface area contributed by atoms with E-state index >= 15 is 0 Å². The Bertz CT molecular complexity index is 362. The predicted molar refractivity (Wildman–Crippen MR) is 62.0 cm³/mol. The van der Waals surface area contributed by atoms with Crippen LogP contribution in [0.1, 0.15) is 12.8 Å². The summed E-state index contributed by atoms with van der Waals surface area (Å²) in [6.45, 7) is -2.36. The molecule has 0 aromatic heterocycles. The minimum absolute atomic E-state index is 0.103. The Morgan fingerprint density at radius 1 is 1.35 bits per heavy atom. The van der Waals surface area contributed by atoms with E-state index in [-0.39, 0.29) is 13.1 Å². The molecule has 1 atom stereocenters. The van der Waals surface area contributed by atoms with Gasteiger partial charge in [-0.25, -0.2) is 4.79 Å². The third-order valence-electron chi connectivity index (χ3n) is 3.05. The van der Waals surface area contributed by atoms with Crippen LogP contribution in [0.3, 0.4) is 0 Å². The number of carbonyl (C=O) groups excluding carboxylic acids is 1. The van der Waals surface area contributed by atoms with Crippen molar-refractivity contribution in [1.82, 2.24) is 9.80 Å². The number of aliphatic carboxylic acids is 1. The van der Waals surface area contributed by atoms with E-state index in [1.807, 2.05) is 0 Å². The summed E-state index contributed by atoms with van der Waals surface area (Å²) in [4.78, 5) is 24.4. The number of carboxylic acids is 1. The molecule has 2 N–H and O–H groups in total. The van der Waals surface area contributed by atoms with E-state index in [2.05, 4.69) is 0 Å². The molecule has 1 rings (SSSR count). The number of urea groups is 1. The number of carbonyl (C=O) groups is 2. The third-order valence-corrected chi connectivity index (χ3v) is 3.05. The minimum Gasteiger partial charge on any atom is -0.481 e. The van der Waals surface area contributed by atoms with Gasteiger partial charge in [0.15, 0.2) is 0 Å². The second-order valence-corrected chi connectivity index (χ2v) is 4.67. The first kappa shape index (κ1) is 16.5. The monoisotopic (exact) mass is 298 g/mol. The first-order valence-electron chi connectivity index (χ1n) is 6.19. The highest BCUT2D eigenvalue weighted by molar-refractivity contribution is 5.76.